The Morgan fingerprint density at radius 2 is 1.92 bits per heavy atom. The fourth-order valence-electron chi connectivity index (χ4n) is 2.23. The van der Waals surface area contributed by atoms with Crippen molar-refractivity contribution in [1.29, 1.82) is 0 Å². The zero-order valence-corrected chi connectivity index (χ0v) is 13.7. The average Bonchev–Trinajstić information content (AvgIpc) is 2.53. The fraction of sp³-hybridized carbons (Fsp3) is 0.353. The second kappa shape index (κ2) is 6.74. The molecule has 1 aliphatic rings. The molecule has 0 fully saturated rings. The highest BCUT2D eigenvalue weighted by atomic mass is 16.6. The molecule has 1 N–H and O–H groups in total. The highest BCUT2D eigenvalue weighted by molar-refractivity contribution is 6.21. The van der Waals surface area contributed by atoms with E-state index in [2.05, 4.69) is 0 Å². The van der Waals surface area contributed by atoms with Gasteiger partial charge in [0.25, 0.3) is 5.91 Å². The molecule has 1 aromatic rings. The number of nitrogens with zero attached hydrogens (tertiary/aromatic N) is 1. The number of rotatable bonds is 5. The first kappa shape index (κ1) is 17.5. The molecule has 1 aliphatic heterocycles. The number of hydrogen-bond acceptors (Lipinski definition) is 5. The predicted molar refractivity (Wildman–Crippen MR) is 84.5 cm³/mol. The lowest BCUT2D eigenvalue weighted by Crippen LogP contribution is -2.55. The Kier molecular flexibility index (Phi) is 4.92. The maximum Gasteiger partial charge on any atom is 0.329 e. The van der Waals surface area contributed by atoms with Crippen molar-refractivity contribution in [3.8, 4) is 0 Å². The lowest BCUT2D eigenvalue weighted by Gasteiger charge is -2.38. The van der Waals surface area contributed by atoms with Gasteiger partial charge in [-0.3, -0.25) is 14.5 Å². The van der Waals surface area contributed by atoms with Crippen LogP contribution >= 0.6 is 0 Å². The molecule has 0 aromatic heterocycles. The van der Waals surface area contributed by atoms with Gasteiger partial charge in [-0.05, 0) is 19.4 Å². The summed E-state index contributed by atoms with van der Waals surface area (Å²) in [5.41, 5.74) is -0.683. The molecule has 0 unspecified atom stereocenters. The second-order valence-electron chi connectivity index (χ2n) is 5.82. The Labute approximate surface area is 139 Å². The van der Waals surface area contributed by atoms with E-state index in [1.807, 2.05) is 0 Å². The molecule has 1 aromatic carbocycles. The standard InChI is InChI=1S/C17H19NO6/c1-11(19)23-9-13-14(12-7-5-4-6-8-12)15(20)18(10-24-13)17(2,3)16(21)22/h4-8H,9-10H2,1-3H3,(H,21,22). The molecule has 0 atom stereocenters. The lowest BCUT2D eigenvalue weighted by atomic mass is 9.97. The van der Waals surface area contributed by atoms with Crippen molar-refractivity contribution in [2.45, 2.75) is 26.3 Å². The van der Waals surface area contributed by atoms with Crippen molar-refractivity contribution in [3.05, 3.63) is 41.7 Å². The van der Waals surface area contributed by atoms with Gasteiger partial charge in [-0.1, -0.05) is 30.3 Å². The number of esters is 1. The van der Waals surface area contributed by atoms with E-state index < -0.39 is 23.4 Å². The van der Waals surface area contributed by atoms with E-state index in [0.29, 0.717) is 5.56 Å². The predicted octanol–water partition coefficient (Wildman–Crippen LogP) is 1.64. The first-order valence-electron chi connectivity index (χ1n) is 7.35. The smallest absolute Gasteiger partial charge is 0.329 e. The van der Waals surface area contributed by atoms with Crippen LogP contribution in [-0.4, -0.2) is 46.7 Å². The summed E-state index contributed by atoms with van der Waals surface area (Å²) in [6, 6.07) is 8.72. The molecule has 0 spiro atoms. The number of carboxylic acid groups (broad SMARTS) is 1. The number of ether oxygens (including phenoxy) is 2. The molecule has 24 heavy (non-hydrogen) atoms. The summed E-state index contributed by atoms with van der Waals surface area (Å²) in [6.07, 6.45) is 0. The Hall–Kier alpha value is -2.83. The number of benzene rings is 1. The van der Waals surface area contributed by atoms with Gasteiger partial charge >= 0.3 is 11.9 Å². The largest absolute Gasteiger partial charge is 0.480 e. The zero-order chi connectivity index (χ0) is 17.9. The molecule has 0 saturated heterocycles. The molecular weight excluding hydrogens is 314 g/mol. The summed E-state index contributed by atoms with van der Waals surface area (Å²) in [5, 5.41) is 9.38. The van der Waals surface area contributed by atoms with E-state index in [9.17, 15) is 19.5 Å². The van der Waals surface area contributed by atoms with Crippen molar-refractivity contribution >= 4 is 23.4 Å². The number of hydrogen-bond donors (Lipinski definition) is 1. The van der Waals surface area contributed by atoms with Crippen LogP contribution in [-0.2, 0) is 23.9 Å². The quantitative estimate of drug-likeness (QED) is 0.824. The van der Waals surface area contributed by atoms with Gasteiger partial charge in [-0.25, -0.2) is 4.79 Å². The van der Waals surface area contributed by atoms with Crippen LogP contribution in [0.2, 0.25) is 0 Å². The van der Waals surface area contributed by atoms with Crippen molar-refractivity contribution < 1.29 is 29.0 Å². The van der Waals surface area contributed by atoms with Crippen molar-refractivity contribution in [3.63, 3.8) is 0 Å². The van der Waals surface area contributed by atoms with E-state index >= 15 is 0 Å². The molecule has 0 saturated carbocycles. The highest BCUT2D eigenvalue weighted by Crippen LogP contribution is 2.30. The van der Waals surface area contributed by atoms with E-state index in [1.54, 1.807) is 30.3 Å². The van der Waals surface area contributed by atoms with Crippen LogP contribution in [0.5, 0.6) is 0 Å². The minimum Gasteiger partial charge on any atom is -0.480 e. The topological polar surface area (TPSA) is 93.1 Å². The van der Waals surface area contributed by atoms with Gasteiger partial charge in [0.2, 0.25) is 0 Å². The minimum absolute atomic E-state index is 0.188. The summed E-state index contributed by atoms with van der Waals surface area (Å²) in [7, 11) is 0. The van der Waals surface area contributed by atoms with Crippen molar-refractivity contribution in [2.75, 3.05) is 13.3 Å². The lowest BCUT2D eigenvalue weighted by molar-refractivity contribution is -0.161. The molecule has 0 aliphatic carbocycles. The Morgan fingerprint density at radius 1 is 1.29 bits per heavy atom. The van der Waals surface area contributed by atoms with Crippen molar-refractivity contribution in [1.82, 2.24) is 4.90 Å². The summed E-state index contributed by atoms with van der Waals surface area (Å²) in [5.74, 6) is -1.92. The molecule has 0 radical (unpaired) electrons. The molecule has 0 bridgehead atoms. The number of carboxylic acids is 1. The first-order valence-corrected chi connectivity index (χ1v) is 7.35. The molecule has 7 nitrogen and oxygen atoms in total. The molecule has 7 heteroatoms. The van der Waals surface area contributed by atoms with Crippen molar-refractivity contribution in [2.24, 2.45) is 0 Å². The van der Waals surface area contributed by atoms with Gasteiger partial charge in [0, 0.05) is 6.92 Å². The van der Waals surface area contributed by atoms with E-state index in [4.69, 9.17) is 9.47 Å². The average molecular weight is 333 g/mol. The number of carbonyl (C=O) groups excluding carboxylic acids is 2. The maximum atomic E-state index is 12.9. The van der Waals surface area contributed by atoms with Crippen LogP contribution in [0.1, 0.15) is 26.3 Å². The summed E-state index contributed by atoms with van der Waals surface area (Å²) in [6.45, 7) is 3.69. The molecule has 128 valence electrons. The number of carbonyl (C=O) groups is 3. The minimum atomic E-state index is -1.44. The molecule has 1 heterocycles. The Morgan fingerprint density at radius 3 is 2.46 bits per heavy atom. The first-order chi connectivity index (χ1) is 11.2. The molecule has 1 amide bonds. The SMILES string of the molecule is CC(=O)OCC1=C(c2ccccc2)C(=O)N(C(C)(C)C(=O)O)CO1. The summed E-state index contributed by atoms with van der Waals surface area (Å²) < 4.78 is 10.5. The molecule has 2 rings (SSSR count). The normalized spacial score (nSPS) is 15.1. The Bertz CT molecular complexity index is 692. The highest BCUT2D eigenvalue weighted by Gasteiger charge is 2.43. The fourth-order valence-corrected chi connectivity index (χ4v) is 2.23. The van der Waals surface area contributed by atoms with Gasteiger partial charge in [0.15, 0.2) is 6.73 Å². The van der Waals surface area contributed by atoms with Crippen LogP contribution < -0.4 is 0 Å². The second-order valence-corrected chi connectivity index (χ2v) is 5.82. The van der Waals surface area contributed by atoms with E-state index in [-0.39, 0.29) is 24.7 Å². The number of aliphatic carboxylic acids is 1. The number of amides is 1. The van der Waals surface area contributed by atoms with Crippen LogP contribution in [0.3, 0.4) is 0 Å². The monoisotopic (exact) mass is 333 g/mol. The third-order valence-corrected chi connectivity index (χ3v) is 3.77. The Balaban J connectivity index is 2.46. The third kappa shape index (κ3) is 3.40. The van der Waals surface area contributed by atoms with E-state index in [1.165, 1.54) is 20.8 Å². The summed E-state index contributed by atoms with van der Waals surface area (Å²) in [4.78, 5) is 36.6. The maximum absolute atomic E-state index is 12.9. The molecular formula is C17H19NO6. The van der Waals surface area contributed by atoms with Crippen LogP contribution in [0.15, 0.2) is 36.1 Å². The van der Waals surface area contributed by atoms with Crippen LogP contribution in [0, 0.1) is 0 Å². The van der Waals surface area contributed by atoms with Gasteiger partial charge in [-0.2, -0.15) is 0 Å². The van der Waals surface area contributed by atoms with Crippen LogP contribution in [0.25, 0.3) is 5.57 Å². The third-order valence-electron chi connectivity index (χ3n) is 3.77. The van der Waals surface area contributed by atoms with E-state index in [0.717, 1.165) is 4.90 Å². The van der Waals surface area contributed by atoms with Crippen LogP contribution in [0.4, 0.5) is 0 Å². The van der Waals surface area contributed by atoms with Gasteiger partial charge in [-0.15, -0.1) is 0 Å². The van der Waals surface area contributed by atoms with Gasteiger partial charge < -0.3 is 14.6 Å². The van der Waals surface area contributed by atoms with Gasteiger partial charge in [0.1, 0.15) is 17.9 Å². The zero-order valence-electron chi connectivity index (χ0n) is 13.7. The van der Waals surface area contributed by atoms with Gasteiger partial charge in [0.05, 0.1) is 5.57 Å². The summed E-state index contributed by atoms with van der Waals surface area (Å²) >= 11 is 0.